The summed E-state index contributed by atoms with van der Waals surface area (Å²) >= 11 is 6.22. The van der Waals surface area contributed by atoms with Crippen molar-refractivity contribution < 1.29 is 0 Å². The van der Waals surface area contributed by atoms with E-state index in [-0.39, 0.29) is 0 Å². The number of H-pyrrole nitrogens is 1. The quantitative estimate of drug-likeness (QED) is 0.412. The first-order valence-electron chi connectivity index (χ1n) is 9.03. The Kier molecular flexibility index (Phi) is 3.99. The lowest BCUT2D eigenvalue weighted by atomic mass is 10.0. The highest BCUT2D eigenvalue weighted by atomic mass is 35.5. The number of aromatic amines is 1. The van der Waals surface area contributed by atoms with E-state index in [2.05, 4.69) is 69.1 Å². The number of rotatable bonds is 3. The van der Waals surface area contributed by atoms with Gasteiger partial charge in [0.05, 0.1) is 16.7 Å². The van der Waals surface area contributed by atoms with E-state index in [9.17, 15) is 0 Å². The highest BCUT2D eigenvalue weighted by molar-refractivity contribution is 6.30. The average molecular weight is 385 g/mol. The molecule has 2 heterocycles. The first-order valence-corrected chi connectivity index (χ1v) is 9.41. The summed E-state index contributed by atoms with van der Waals surface area (Å²) in [6.07, 6.45) is 3.62. The van der Waals surface area contributed by atoms with Crippen molar-refractivity contribution in [3.63, 3.8) is 0 Å². The molecule has 0 amide bonds. The predicted molar refractivity (Wildman–Crippen MR) is 114 cm³/mol. The van der Waals surface area contributed by atoms with Crippen LogP contribution in [0.1, 0.15) is 5.56 Å². The zero-order valence-corrected chi connectivity index (χ0v) is 16.0. The van der Waals surface area contributed by atoms with Crippen LogP contribution in [0.25, 0.3) is 39.1 Å². The van der Waals surface area contributed by atoms with Crippen LogP contribution in [-0.2, 0) is 0 Å². The predicted octanol–water partition coefficient (Wildman–Crippen LogP) is 6.04. The fourth-order valence-corrected chi connectivity index (χ4v) is 3.70. The molecule has 0 atom stereocenters. The van der Waals surface area contributed by atoms with Gasteiger partial charge in [-0.3, -0.25) is 9.67 Å². The maximum Gasteiger partial charge on any atom is 0.100 e. The number of nitrogens with zero attached hydrogens (tertiary/aromatic N) is 3. The van der Waals surface area contributed by atoms with E-state index in [1.54, 1.807) is 6.20 Å². The second-order valence-electron chi connectivity index (χ2n) is 6.80. The van der Waals surface area contributed by atoms with Gasteiger partial charge in [-0.25, -0.2) is 4.98 Å². The van der Waals surface area contributed by atoms with Crippen molar-refractivity contribution in [3.05, 3.63) is 89.8 Å². The molecule has 0 fully saturated rings. The van der Waals surface area contributed by atoms with Crippen LogP contribution in [0.2, 0.25) is 5.02 Å². The van der Waals surface area contributed by atoms with Gasteiger partial charge in [0, 0.05) is 22.5 Å². The number of hydrogen-bond acceptors (Lipinski definition) is 2. The van der Waals surface area contributed by atoms with E-state index in [1.807, 2.05) is 30.6 Å². The van der Waals surface area contributed by atoms with Crippen molar-refractivity contribution in [2.45, 2.75) is 6.92 Å². The third-order valence-electron chi connectivity index (χ3n) is 4.99. The molecule has 2 aromatic heterocycles. The smallest absolute Gasteiger partial charge is 0.100 e. The van der Waals surface area contributed by atoms with E-state index in [4.69, 9.17) is 11.6 Å². The molecule has 3 aromatic carbocycles. The van der Waals surface area contributed by atoms with Crippen molar-refractivity contribution in [1.82, 2.24) is 19.7 Å². The van der Waals surface area contributed by atoms with Crippen LogP contribution in [0.15, 0.2) is 79.3 Å². The Labute approximate surface area is 167 Å². The number of imidazole rings is 1. The van der Waals surface area contributed by atoms with Crippen LogP contribution in [0.4, 0.5) is 0 Å². The highest BCUT2D eigenvalue weighted by Crippen LogP contribution is 2.30. The molecule has 0 aliphatic rings. The Morgan fingerprint density at radius 2 is 1.86 bits per heavy atom. The van der Waals surface area contributed by atoms with Gasteiger partial charge in [0.25, 0.3) is 0 Å². The second kappa shape index (κ2) is 6.66. The SMILES string of the molecule is Cc1ccc(Cl)cc1-c1cccc(-n2cnc3cc(-c4ccn[nH]4)ccc32)c1. The van der Waals surface area contributed by atoms with Crippen molar-refractivity contribution in [3.8, 4) is 28.1 Å². The topological polar surface area (TPSA) is 46.5 Å². The highest BCUT2D eigenvalue weighted by Gasteiger charge is 2.09. The van der Waals surface area contributed by atoms with E-state index in [0.717, 1.165) is 44.1 Å². The average Bonchev–Trinajstić information content (AvgIpc) is 3.39. The molecule has 5 aromatic rings. The van der Waals surface area contributed by atoms with Crippen molar-refractivity contribution in [1.29, 1.82) is 0 Å². The largest absolute Gasteiger partial charge is 0.299 e. The van der Waals surface area contributed by atoms with Gasteiger partial charge in [-0.05, 0) is 66.1 Å². The third-order valence-corrected chi connectivity index (χ3v) is 5.23. The molecule has 0 aliphatic carbocycles. The lowest BCUT2D eigenvalue weighted by molar-refractivity contribution is 1.09. The fourth-order valence-electron chi connectivity index (χ4n) is 3.53. The van der Waals surface area contributed by atoms with Crippen LogP contribution in [0, 0.1) is 6.92 Å². The monoisotopic (exact) mass is 384 g/mol. The summed E-state index contributed by atoms with van der Waals surface area (Å²) in [6, 6.07) is 22.6. The van der Waals surface area contributed by atoms with Crippen LogP contribution in [-0.4, -0.2) is 19.7 Å². The standard InChI is InChI=1S/C23H17ClN4/c1-15-5-7-18(24)13-20(15)16-3-2-4-19(11-16)28-14-25-22-12-17(6-8-23(22)28)21-9-10-26-27-21/h2-14H,1H3,(H,26,27). The van der Waals surface area contributed by atoms with Crippen LogP contribution < -0.4 is 0 Å². The van der Waals surface area contributed by atoms with Gasteiger partial charge in [0.2, 0.25) is 0 Å². The number of halogens is 1. The molecular formula is C23H17ClN4. The number of aryl methyl sites for hydroxylation is 1. The molecule has 0 unspecified atom stereocenters. The number of benzene rings is 3. The van der Waals surface area contributed by atoms with Gasteiger partial charge in [-0.2, -0.15) is 5.10 Å². The van der Waals surface area contributed by atoms with Crippen LogP contribution >= 0.6 is 11.6 Å². The second-order valence-corrected chi connectivity index (χ2v) is 7.23. The van der Waals surface area contributed by atoms with Gasteiger partial charge in [0.1, 0.15) is 6.33 Å². The van der Waals surface area contributed by atoms with Crippen molar-refractivity contribution >= 4 is 22.6 Å². The summed E-state index contributed by atoms with van der Waals surface area (Å²) < 4.78 is 2.11. The Balaban J connectivity index is 1.60. The van der Waals surface area contributed by atoms with Crippen LogP contribution in [0.5, 0.6) is 0 Å². The number of aromatic nitrogens is 4. The normalized spacial score (nSPS) is 11.2. The Bertz CT molecular complexity index is 1290. The third kappa shape index (κ3) is 2.88. The number of fused-ring (bicyclic) bond motifs is 1. The van der Waals surface area contributed by atoms with E-state index in [0.29, 0.717) is 0 Å². The number of nitrogens with one attached hydrogen (secondary N) is 1. The lowest BCUT2D eigenvalue weighted by Crippen LogP contribution is -1.93. The summed E-state index contributed by atoms with van der Waals surface area (Å²) in [6.45, 7) is 2.10. The molecule has 1 N–H and O–H groups in total. The summed E-state index contributed by atoms with van der Waals surface area (Å²) in [5, 5.41) is 7.76. The van der Waals surface area contributed by atoms with Gasteiger partial charge >= 0.3 is 0 Å². The molecule has 0 bridgehead atoms. The zero-order valence-electron chi connectivity index (χ0n) is 15.2. The molecule has 0 saturated carbocycles. The van der Waals surface area contributed by atoms with Gasteiger partial charge < -0.3 is 0 Å². The first-order chi connectivity index (χ1) is 13.7. The maximum absolute atomic E-state index is 6.22. The minimum atomic E-state index is 0.741. The molecule has 28 heavy (non-hydrogen) atoms. The summed E-state index contributed by atoms with van der Waals surface area (Å²) in [5.41, 5.74) is 8.58. The Hall–Kier alpha value is -3.37. The maximum atomic E-state index is 6.22. The summed E-state index contributed by atoms with van der Waals surface area (Å²) in [7, 11) is 0. The lowest BCUT2D eigenvalue weighted by Gasteiger charge is -2.10. The molecule has 0 spiro atoms. The zero-order chi connectivity index (χ0) is 19.1. The van der Waals surface area contributed by atoms with Gasteiger partial charge in [-0.15, -0.1) is 0 Å². The summed E-state index contributed by atoms with van der Waals surface area (Å²) in [4.78, 5) is 4.61. The molecule has 4 nitrogen and oxygen atoms in total. The van der Waals surface area contributed by atoms with E-state index in [1.165, 1.54) is 5.56 Å². The van der Waals surface area contributed by atoms with Gasteiger partial charge in [0.15, 0.2) is 0 Å². The molecule has 5 heteroatoms. The summed E-state index contributed by atoms with van der Waals surface area (Å²) in [5.74, 6) is 0. The Morgan fingerprint density at radius 1 is 0.929 bits per heavy atom. The number of hydrogen-bond donors (Lipinski definition) is 1. The van der Waals surface area contributed by atoms with E-state index >= 15 is 0 Å². The Morgan fingerprint density at radius 3 is 2.71 bits per heavy atom. The molecular weight excluding hydrogens is 368 g/mol. The van der Waals surface area contributed by atoms with Crippen molar-refractivity contribution in [2.24, 2.45) is 0 Å². The van der Waals surface area contributed by atoms with E-state index < -0.39 is 0 Å². The van der Waals surface area contributed by atoms with Crippen LogP contribution in [0.3, 0.4) is 0 Å². The fraction of sp³-hybridized carbons (Fsp3) is 0.0435. The first kappa shape index (κ1) is 16.8. The van der Waals surface area contributed by atoms with Gasteiger partial charge in [-0.1, -0.05) is 35.9 Å². The molecule has 0 radical (unpaired) electrons. The molecule has 0 aliphatic heterocycles. The molecule has 5 rings (SSSR count). The molecule has 136 valence electrons. The minimum absolute atomic E-state index is 0.741. The van der Waals surface area contributed by atoms with Crippen molar-refractivity contribution in [2.75, 3.05) is 0 Å². The molecule has 0 saturated heterocycles. The minimum Gasteiger partial charge on any atom is -0.299 e.